The zero-order valence-electron chi connectivity index (χ0n) is 14.3. The van der Waals surface area contributed by atoms with Crippen LogP contribution in [0.15, 0.2) is 0 Å². The maximum Gasteiger partial charge on any atom is 0.306 e. The van der Waals surface area contributed by atoms with Gasteiger partial charge in [-0.15, -0.1) is 0 Å². The van der Waals surface area contributed by atoms with E-state index >= 15 is 0 Å². The highest BCUT2D eigenvalue weighted by atomic mass is 32.2. The summed E-state index contributed by atoms with van der Waals surface area (Å²) in [7, 11) is -7.65. The molecule has 2 aliphatic rings. The molecular formula is C13H22O10S2. The van der Waals surface area contributed by atoms with Crippen molar-refractivity contribution in [2.24, 2.45) is 0 Å². The Balaban J connectivity index is 2.26. The van der Waals surface area contributed by atoms with Gasteiger partial charge in [0.15, 0.2) is 5.79 Å². The molecule has 0 unspecified atom stereocenters. The Hall–Kier alpha value is -0.790. The van der Waals surface area contributed by atoms with Gasteiger partial charge in [-0.2, -0.15) is 16.8 Å². The predicted molar refractivity (Wildman–Crippen MR) is 83.5 cm³/mol. The Labute approximate surface area is 147 Å². The van der Waals surface area contributed by atoms with Crippen LogP contribution in [0, 0.1) is 0 Å². The molecule has 2 saturated heterocycles. The fourth-order valence-corrected chi connectivity index (χ4v) is 3.79. The molecule has 12 heteroatoms. The molecule has 0 aliphatic carbocycles. The molecule has 10 nitrogen and oxygen atoms in total. The minimum atomic E-state index is -3.91. The van der Waals surface area contributed by atoms with E-state index in [4.69, 9.17) is 22.6 Å². The Bertz CT molecular complexity index is 711. The lowest BCUT2D eigenvalue weighted by Crippen LogP contribution is -2.47. The van der Waals surface area contributed by atoms with Crippen molar-refractivity contribution in [3.63, 3.8) is 0 Å². The monoisotopic (exact) mass is 402 g/mol. The van der Waals surface area contributed by atoms with E-state index in [1.54, 1.807) is 13.8 Å². The largest absolute Gasteiger partial charge is 0.459 e. The summed E-state index contributed by atoms with van der Waals surface area (Å²) in [5.74, 6) is -1.60. The summed E-state index contributed by atoms with van der Waals surface area (Å²) in [6.07, 6.45) is -1.87. The number of hydrogen-bond acceptors (Lipinski definition) is 10. The lowest BCUT2D eigenvalue weighted by Gasteiger charge is -2.29. The van der Waals surface area contributed by atoms with Crippen molar-refractivity contribution in [3.8, 4) is 0 Å². The van der Waals surface area contributed by atoms with Crippen LogP contribution in [0.5, 0.6) is 0 Å². The van der Waals surface area contributed by atoms with E-state index < -0.39 is 63.0 Å². The Kier molecular flexibility index (Phi) is 5.81. The minimum absolute atomic E-state index is 0.121. The molecule has 4 atom stereocenters. The summed E-state index contributed by atoms with van der Waals surface area (Å²) in [6, 6.07) is 0. The van der Waals surface area contributed by atoms with Gasteiger partial charge in [0, 0.05) is 6.42 Å². The Morgan fingerprint density at radius 1 is 1.16 bits per heavy atom. The quantitative estimate of drug-likeness (QED) is 0.407. The summed E-state index contributed by atoms with van der Waals surface area (Å²) in [5.41, 5.74) is 0. The highest BCUT2D eigenvalue weighted by Gasteiger charge is 2.51. The standard InChI is InChI=1S/C13H22O10S2/c1-13(2)21-9(7-19-24(3,15)16)11(22-13)12(23-25(4,17)18)8-5-6-10(14)20-8/h8-9,11-12H,5-7H2,1-4H3/t8-,9-,11-,12+/m1/s1. The van der Waals surface area contributed by atoms with Crippen LogP contribution in [0.1, 0.15) is 26.7 Å². The summed E-state index contributed by atoms with van der Waals surface area (Å²) >= 11 is 0. The molecule has 25 heavy (non-hydrogen) atoms. The summed E-state index contributed by atoms with van der Waals surface area (Å²) < 4.78 is 72.0. The maximum atomic E-state index is 11.6. The highest BCUT2D eigenvalue weighted by Crippen LogP contribution is 2.35. The third-order valence-electron chi connectivity index (χ3n) is 3.56. The van der Waals surface area contributed by atoms with Crippen molar-refractivity contribution in [3.05, 3.63) is 0 Å². The molecule has 2 aliphatic heterocycles. The number of carbonyl (C=O) groups is 1. The first kappa shape index (κ1) is 20.5. The van der Waals surface area contributed by atoms with Crippen LogP contribution < -0.4 is 0 Å². The fourth-order valence-electron chi connectivity index (χ4n) is 2.77. The van der Waals surface area contributed by atoms with Crippen molar-refractivity contribution in [2.75, 3.05) is 19.1 Å². The summed E-state index contributed by atoms with van der Waals surface area (Å²) in [6.45, 7) is 2.77. The number of rotatable bonds is 7. The summed E-state index contributed by atoms with van der Waals surface area (Å²) in [5, 5.41) is 0. The Morgan fingerprint density at radius 2 is 1.80 bits per heavy atom. The smallest absolute Gasteiger partial charge is 0.306 e. The number of ether oxygens (including phenoxy) is 3. The number of carbonyl (C=O) groups excluding carboxylic acids is 1. The number of esters is 1. The topological polar surface area (TPSA) is 132 Å². The molecule has 0 aromatic carbocycles. The fraction of sp³-hybridized carbons (Fsp3) is 0.923. The normalized spacial score (nSPS) is 31.0. The van der Waals surface area contributed by atoms with E-state index in [9.17, 15) is 21.6 Å². The van der Waals surface area contributed by atoms with Crippen LogP contribution in [0.2, 0.25) is 0 Å². The summed E-state index contributed by atoms with van der Waals surface area (Å²) in [4.78, 5) is 11.4. The maximum absolute atomic E-state index is 11.6. The van der Waals surface area contributed by atoms with Gasteiger partial charge in [-0.25, -0.2) is 0 Å². The van der Waals surface area contributed by atoms with Gasteiger partial charge in [0.2, 0.25) is 0 Å². The van der Waals surface area contributed by atoms with E-state index in [0.717, 1.165) is 12.5 Å². The molecular weight excluding hydrogens is 380 g/mol. The van der Waals surface area contributed by atoms with Crippen LogP contribution in [-0.2, 0) is 47.6 Å². The van der Waals surface area contributed by atoms with E-state index in [0.29, 0.717) is 0 Å². The minimum Gasteiger partial charge on any atom is -0.459 e. The Morgan fingerprint density at radius 3 is 2.28 bits per heavy atom. The van der Waals surface area contributed by atoms with Gasteiger partial charge >= 0.3 is 5.97 Å². The molecule has 2 heterocycles. The average Bonchev–Trinajstić information content (AvgIpc) is 2.95. The molecule has 0 aromatic rings. The van der Waals surface area contributed by atoms with Crippen LogP contribution in [-0.4, -0.2) is 72.1 Å². The van der Waals surface area contributed by atoms with E-state index in [1.807, 2.05) is 0 Å². The van der Waals surface area contributed by atoms with Crippen LogP contribution in [0.4, 0.5) is 0 Å². The molecule has 2 rings (SSSR count). The zero-order chi connectivity index (χ0) is 19.0. The van der Waals surface area contributed by atoms with Crippen LogP contribution in [0.3, 0.4) is 0 Å². The van der Waals surface area contributed by atoms with Crippen LogP contribution >= 0.6 is 0 Å². The molecule has 0 aromatic heterocycles. The lowest BCUT2D eigenvalue weighted by atomic mass is 10.0. The molecule has 0 amide bonds. The third kappa shape index (κ3) is 6.15. The van der Waals surface area contributed by atoms with Crippen molar-refractivity contribution in [1.82, 2.24) is 0 Å². The van der Waals surface area contributed by atoms with Gasteiger partial charge in [0.25, 0.3) is 20.2 Å². The molecule has 2 fully saturated rings. The van der Waals surface area contributed by atoms with Crippen molar-refractivity contribution >= 4 is 26.2 Å². The van der Waals surface area contributed by atoms with Crippen molar-refractivity contribution < 1.29 is 44.2 Å². The predicted octanol–water partition coefficient (Wildman–Crippen LogP) is -0.467. The number of hydrogen-bond donors (Lipinski definition) is 0. The molecule has 0 radical (unpaired) electrons. The molecule has 0 N–H and O–H groups in total. The van der Waals surface area contributed by atoms with Gasteiger partial charge in [-0.3, -0.25) is 13.2 Å². The van der Waals surface area contributed by atoms with E-state index in [2.05, 4.69) is 0 Å². The van der Waals surface area contributed by atoms with E-state index in [1.165, 1.54) is 0 Å². The molecule has 146 valence electrons. The molecule has 0 saturated carbocycles. The van der Waals surface area contributed by atoms with Crippen LogP contribution in [0.25, 0.3) is 0 Å². The first-order valence-corrected chi connectivity index (χ1v) is 11.2. The number of cyclic esters (lactones) is 1. The van der Waals surface area contributed by atoms with Crippen molar-refractivity contribution in [2.45, 2.75) is 56.9 Å². The second-order valence-corrected chi connectivity index (χ2v) is 9.70. The molecule has 0 spiro atoms. The second-order valence-electron chi connectivity index (χ2n) is 6.46. The van der Waals surface area contributed by atoms with Gasteiger partial charge in [-0.1, -0.05) is 0 Å². The van der Waals surface area contributed by atoms with Gasteiger partial charge < -0.3 is 14.2 Å². The first-order valence-electron chi connectivity index (χ1n) is 7.53. The van der Waals surface area contributed by atoms with Gasteiger partial charge in [0.05, 0.1) is 19.1 Å². The first-order chi connectivity index (χ1) is 11.3. The van der Waals surface area contributed by atoms with Gasteiger partial charge in [-0.05, 0) is 20.3 Å². The average molecular weight is 402 g/mol. The lowest BCUT2D eigenvalue weighted by molar-refractivity contribution is -0.164. The zero-order valence-corrected chi connectivity index (χ0v) is 16.0. The second kappa shape index (κ2) is 7.08. The van der Waals surface area contributed by atoms with Crippen molar-refractivity contribution in [1.29, 1.82) is 0 Å². The highest BCUT2D eigenvalue weighted by molar-refractivity contribution is 7.86. The SMILES string of the molecule is CC1(C)O[C@@H]([C@@H](OS(C)(=O)=O)[C@H]2CCC(=O)O2)[C@@H](COS(C)(=O)=O)O1. The van der Waals surface area contributed by atoms with E-state index in [-0.39, 0.29) is 12.8 Å². The molecule has 0 bridgehead atoms. The third-order valence-corrected chi connectivity index (χ3v) is 4.70. The van der Waals surface area contributed by atoms with Gasteiger partial charge in [0.1, 0.15) is 24.4 Å².